The molecule has 23 heavy (non-hydrogen) atoms. The first-order valence-corrected chi connectivity index (χ1v) is 8.19. The molecule has 0 spiro atoms. The van der Waals surface area contributed by atoms with Crippen LogP contribution >= 0.6 is 0 Å². The lowest BCUT2D eigenvalue weighted by Gasteiger charge is -2.29. The van der Waals surface area contributed by atoms with Crippen LogP contribution in [0.15, 0.2) is 18.2 Å². The fourth-order valence-corrected chi connectivity index (χ4v) is 3.16. The number of morpholine rings is 1. The zero-order valence-electron chi connectivity index (χ0n) is 13.6. The van der Waals surface area contributed by atoms with Gasteiger partial charge < -0.3 is 19.5 Å². The second kappa shape index (κ2) is 5.62. The number of nitrogens with one attached hydrogen (secondary N) is 1. The van der Waals surface area contributed by atoms with Gasteiger partial charge in [-0.1, -0.05) is 0 Å². The Kier molecular flexibility index (Phi) is 3.58. The molecule has 1 aliphatic heterocycles. The van der Waals surface area contributed by atoms with Gasteiger partial charge in [-0.05, 0) is 38.1 Å². The highest BCUT2D eigenvalue weighted by atomic mass is 16.5. The van der Waals surface area contributed by atoms with Crippen LogP contribution in [0, 0.1) is 0 Å². The number of carbonyl (C=O) groups is 1. The number of rotatable bonds is 3. The molecule has 0 unspecified atom stereocenters. The highest BCUT2D eigenvalue weighted by molar-refractivity contribution is 5.96. The highest BCUT2D eigenvalue weighted by Crippen LogP contribution is 2.40. The first-order chi connectivity index (χ1) is 11.1. The van der Waals surface area contributed by atoms with Gasteiger partial charge in [-0.25, -0.2) is 4.98 Å². The van der Waals surface area contributed by atoms with Crippen LogP contribution in [0.3, 0.4) is 0 Å². The number of nitrogens with zero attached hydrogens (tertiary/aromatic N) is 3. The maximum absolute atomic E-state index is 12.4. The molecule has 122 valence electrons. The zero-order valence-corrected chi connectivity index (χ0v) is 13.6. The summed E-state index contributed by atoms with van der Waals surface area (Å²) >= 11 is 0. The van der Waals surface area contributed by atoms with Gasteiger partial charge >= 0.3 is 0 Å². The number of hydrogen-bond acceptors (Lipinski definition) is 4. The first-order valence-electron chi connectivity index (χ1n) is 8.19. The van der Waals surface area contributed by atoms with Gasteiger partial charge in [0.25, 0.3) is 5.91 Å². The Hall–Kier alpha value is -1.92. The Labute approximate surface area is 135 Å². The van der Waals surface area contributed by atoms with Crippen LogP contribution in [0.2, 0.25) is 0 Å². The molecule has 1 amide bonds. The van der Waals surface area contributed by atoms with Crippen molar-refractivity contribution in [3.05, 3.63) is 24.0 Å². The fraction of sp³-hybridized carbons (Fsp3) is 0.529. The summed E-state index contributed by atoms with van der Waals surface area (Å²) in [6.07, 6.45) is 2.05. The van der Waals surface area contributed by atoms with Gasteiger partial charge in [-0.3, -0.25) is 4.79 Å². The number of fused-ring (bicyclic) bond motifs is 1. The molecular formula is C17H22N4O2. The lowest BCUT2D eigenvalue weighted by atomic mass is 10.2. The Morgan fingerprint density at radius 3 is 2.91 bits per heavy atom. The third kappa shape index (κ3) is 2.84. The Balaban J connectivity index is 1.53. The van der Waals surface area contributed by atoms with Gasteiger partial charge in [-0.15, -0.1) is 0 Å². The number of hydrogen-bond donors (Lipinski definition) is 1. The lowest BCUT2D eigenvalue weighted by Crippen LogP contribution is -2.46. The Morgan fingerprint density at radius 1 is 1.35 bits per heavy atom. The van der Waals surface area contributed by atoms with E-state index in [0.29, 0.717) is 19.1 Å². The number of aromatic nitrogens is 2. The average molecular weight is 314 g/mol. The zero-order chi connectivity index (χ0) is 16.0. The molecule has 0 bridgehead atoms. The monoisotopic (exact) mass is 314 g/mol. The van der Waals surface area contributed by atoms with E-state index in [9.17, 15) is 4.79 Å². The van der Waals surface area contributed by atoms with E-state index in [-0.39, 0.29) is 5.91 Å². The van der Waals surface area contributed by atoms with Gasteiger partial charge in [0, 0.05) is 31.7 Å². The van der Waals surface area contributed by atoms with Gasteiger partial charge in [0.2, 0.25) is 0 Å². The quantitative estimate of drug-likeness (QED) is 0.937. The third-order valence-electron chi connectivity index (χ3n) is 4.69. The molecule has 1 aromatic carbocycles. The Bertz CT molecular complexity index is 750. The van der Waals surface area contributed by atoms with Crippen molar-refractivity contribution in [2.24, 2.45) is 7.05 Å². The molecule has 6 nitrogen and oxygen atoms in total. The SMILES string of the molecule is CN1CCO[C@H](C(=O)Nc2ccc3c(c2)nc(C2CC2)n3C)C1. The average Bonchev–Trinajstić information content (AvgIpc) is 3.32. The summed E-state index contributed by atoms with van der Waals surface area (Å²) in [5, 5.41) is 2.96. The second-order valence-electron chi connectivity index (χ2n) is 6.62. The molecule has 1 N–H and O–H groups in total. The summed E-state index contributed by atoms with van der Waals surface area (Å²) in [5.74, 6) is 1.67. The largest absolute Gasteiger partial charge is 0.366 e. The number of imidazole rings is 1. The van der Waals surface area contributed by atoms with Crippen molar-refractivity contribution in [2.45, 2.75) is 24.9 Å². The molecular weight excluding hydrogens is 292 g/mol. The van der Waals surface area contributed by atoms with Crippen molar-refractivity contribution in [2.75, 3.05) is 32.1 Å². The summed E-state index contributed by atoms with van der Waals surface area (Å²) in [6, 6.07) is 5.91. The fourth-order valence-electron chi connectivity index (χ4n) is 3.16. The van der Waals surface area contributed by atoms with Crippen molar-refractivity contribution in [1.29, 1.82) is 0 Å². The molecule has 2 aliphatic rings. The maximum atomic E-state index is 12.4. The van der Waals surface area contributed by atoms with Crippen molar-refractivity contribution in [3.8, 4) is 0 Å². The summed E-state index contributed by atoms with van der Waals surface area (Å²) in [4.78, 5) is 19.2. The van der Waals surface area contributed by atoms with Crippen LogP contribution in [-0.2, 0) is 16.6 Å². The van der Waals surface area contributed by atoms with E-state index in [2.05, 4.69) is 21.8 Å². The predicted molar refractivity (Wildman–Crippen MR) is 88.6 cm³/mol. The topological polar surface area (TPSA) is 59.4 Å². The van der Waals surface area contributed by atoms with Crippen LogP contribution in [-0.4, -0.2) is 53.2 Å². The number of benzene rings is 1. The van der Waals surface area contributed by atoms with Crippen molar-refractivity contribution < 1.29 is 9.53 Å². The minimum absolute atomic E-state index is 0.0887. The molecule has 4 rings (SSSR count). The maximum Gasteiger partial charge on any atom is 0.254 e. The molecule has 0 radical (unpaired) electrons. The van der Waals surface area contributed by atoms with Gasteiger partial charge in [0.1, 0.15) is 11.9 Å². The molecule has 2 heterocycles. The minimum atomic E-state index is -0.407. The summed E-state index contributed by atoms with van der Waals surface area (Å²) in [6.45, 7) is 2.09. The molecule has 1 aliphatic carbocycles. The third-order valence-corrected chi connectivity index (χ3v) is 4.69. The van der Waals surface area contributed by atoms with E-state index < -0.39 is 6.10 Å². The molecule has 2 fully saturated rings. The van der Waals surface area contributed by atoms with E-state index in [1.54, 1.807) is 0 Å². The normalized spacial score (nSPS) is 22.4. The van der Waals surface area contributed by atoms with Crippen molar-refractivity contribution >= 4 is 22.6 Å². The number of aryl methyl sites for hydroxylation is 1. The Morgan fingerprint density at radius 2 is 2.17 bits per heavy atom. The standard InChI is InChI=1S/C17H22N4O2/c1-20-7-8-23-15(10-20)17(22)18-12-5-6-14-13(9-12)19-16(21(14)2)11-3-4-11/h5-6,9,11,15H,3-4,7-8,10H2,1-2H3,(H,18,22)/t15-/m0/s1. The van der Waals surface area contributed by atoms with Crippen LogP contribution in [0.5, 0.6) is 0 Å². The number of ether oxygens (including phenoxy) is 1. The van der Waals surface area contributed by atoms with Crippen LogP contribution in [0.1, 0.15) is 24.6 Å². The van der Waals surface area contributed by atoms with Crippen molar-refractivity contribution in [3.63, 3.8) is 0 Å². The van der Waals surface area contributed by atoms with Gasteiger partial charge in [0.05, 0.1) is 17.6 Å². The van der Waals surface area contributed by atoms with E-state index in [4.69, 9.17) is 9.72 Å². The van der Waals surface area contributed by atoms with Crippen LogP contribution < -0.4 is 5.32 Å². The van der Waals surface area contributed by atoms with E-state index in [1.807, 2.05) is 25.2 Å². The number of carbonyl (C=O) groups excluding carboxylic acids is 1. The minimum Gasteiger partial charge on any atom is -0.366 e. The molecule has 1 atom stereocenters. The predicted octanol–water partition coefficient (Wildman–Crippen LogP) is 1.72. The summed E-state index contributed by atoms with van der Waals surface area (Å²) < 4.78 is 7.72. The van der Waals surface area contributed by atoms with E-state index in [0.717, 1.165) is 29.1 Å². The summed E-state index contributed by atoms with van der Waals surface area (Å²) in [7, 11) is 4.06. The number of likely N-dealkylation sites (N-methyl/N-ethyl adjacent to an activating group) is 1. The molecule has 2 aromatic rings. The van der Waals surface area contributed by atoms with Crippen LogP contribution in [0.4, 0.5) is 5.69 Å². The smallest absolute Gasteiger partial charge is 0.254 e. The molecule has 1 saturated carbocycles. The van der Waals surface area contributed by atoms with Crippen LogP contribution in [0.25, 0.3) is 11.0 Å². The van der Waals surface area contributed by atoms with Gasteiger partial charge in [-0.2, -0.15) is 0 Å². The van der Waals surface area contributed by atoms with E-state index >= 15 is 0 Å². The van der Waals surface area contributed by atoms with E-state index in [1.165, 1.54) is 12.8 Å². The molecule has 1 saturated heterocycles. The molecule has 6 heteroatoms. The second-order valence-corrected chi connectivity index (χ2v) is 6.62. The van der Waals surface area contributed by atoms with Gasteiger partial charge in [0.15, 0.2) is 0 Å². The number of anilines is 1. The lowest BCUT2D eigenvalue weighted by molar-refractivity contribution is -0.132. The summed E-state index contributed by atoms with van der Waals surface area (Å²) in [5.41, 5.74) is 2.83. The first kappa shape index (κ1) is 14.7. The van der Waals surface area contributed by atoms with Crippen molar-refractivity contribution in [1.82, 2.24) is 14.5 Å². The molecule has 1 aromatic heterocycles. The highest BCUT2D eigenvalue weighted by Gasteiger charge is 2.29. The number of amides is 1.